The molecule has 2 aromatic carbocycles. The fourth-order valence-corrected chi connectivity index (χ4v) is 3.72. The Balaban J connectivity index is 2.05. The Morgan fingerprint density at radius 3 is 2.19 bits per heavy atom. The lowest BCUT2D eigenvalue weighted by molar-refractivity contribution is 0.416. The Kier molecular flexibility index (Phi) is 3.86. The molecule has 1 fully saturated rings. The predicted molar refractivity (Wildman–Crippen MR) is 89.7 cm³/mol. The Morgan fingerprint density at radius 2 is 1.62 bits per heavy atom. The molecule has 3 rings (SSSR count). The number of hydrogen-bond donors (Lipinski definition) is 1. The monoisotopic (exact) mass is 279 g/mol. The van der Waals surface area contributed by atoms with Gasteiger partial charge in [-0.25, -0.2) is 0 Å². The summed E-state index contributed by atoms with van der Waals surface area (Å²) in [5.74, 6) is 0.721. The summed E-state index contributed by atoms with van der Waals surface area (Å²) in [6.07, 6.45) is 3.99. The molecule has 110 valence electrons. The topological polar surface area (TPSA) is 26.0 Å². The molecule has 0 amide bonds. The second kappa shape index (κ2) is 5.65. The second-order valence-electron chi connectivity index (χ2n) is 6.55. The summed E-state index contributed by atoms with van der Waals surface area (Å²) in [5, 5.41) is 0. The third kappa shape index (κ3) is 2.63. The first-order valence-electron chi connectivity index (χ1n) is 8.00. The van der Waals surface area contributed by atoms with Gasteiger partial charge in [0.25, 0.3) is 0 Å². The van der Waals surface area contributed by atoms with Crippen LogP contribution in [0.1, 0.15) is 64.6 Å². The third-order valence-electron chi connectivity index (χ3n) is 4.93. The van der Waals surface area contributed by atoms with Gasteiger partial charge in [0.05, 0.1) is 6.04 Å². The minimum atomic E-state index is -0.0117. The normalized spacial score (nSPS) is 16.6. The summed E-state index contributed by atoms with van der Waals surface area (Å²) < 4.78 is 0. The van der Waals surface area contributed by atoms with E-state index in [2.05, 4.69) is 57.2 Å². The van der Waals surface area contributed by atoms with Crippen LogP contribution >= 0.6 is 0 Å². The molecule has 1 heteroatoms. The van der Waals surface area contributed by atoms with Crippen LogP contribution in [0, 0.1) is 20.8 Å². The number of benzene rings is 2. The average Bonchev–Trinajstić information content (AvgIpc) is 2.36. The van der Waals surface area contributed by atoms with Crippen LogP contribution in [-0.2, 0) is 0 Å². The van der Waals surface area contributed by atoms with Crippen LogP contribution in [0.15, 0.2) is 36.4 Å². The van der Waals surface area contributed by atoms with E-state index in [9.17, 15) is 0 Å². The van der Waals surface area contributed by atoms with Crippen molar-refractivity contribution < 1.29 is 0 Å². The van der Waals surface area contributed by atoms with Crippen molar-refractivity contribution in [3.8, 4) is 0 Å². The Bertz CT molecular complexity index is 630. The molecule has 0 aliphatic heterocycles. The first-order chi connectivity index (χ1) is 10.1. The molecule has 1 nitrogen and oxygen atoms in total. The fourth-order valence-electron chi connectivity index (χ4n) is 3.72. The zero-order chi connectivity index (χ0) is 15.0. The van der Waals surface area contributed by atoms with Crippen LogP contribution in [0.5, 0.6) is 0 Å². The fraction of sp³-hybridized carbons (Fsp3) is 0.400. The maximum Gasteiger partial charge on any atom is 0.0559 e. The van der Waals surface area contributed by atoms with E-state index < -0.39 is 0 Å². The molecule has 0 heterocycles. The lowest BCUT2D eigenvalue weighted by Crippen LogP contribution is -2.20. The smallest absolute Gasteiger partial charge is 0.0559 e. The first kappa shape index (κ1) is 14.3. The van der Waals surface area contributed by atoms with Gasteiger partial charge in [-0.15, -0.1) is 0 Å². The molecule has 2 aromatic rings. The summed E-state index contributed by atoms with van der Waals surface area (Å²) in [7, 11) is 0. The van der Waals surface area contributed by atoms with Gasteiger partial charge in [-0.2, -0.15) is 0 Å². The highest BCUT2D eigenvalue weighted by molar-refractivity contribution is 5.46. The second-order valence-corrected chi connectivity index (χ2v) is 6.55. The van der Waals surface area contributed by atoms with Crippen molar-refractivity contribution in [1.29, 1.82) is 0 Å². The number of hydrogen-bond acceptors (Lipinski definition) is 1. The zero-order valence-corrected chi connectivity index (χ0v) is 13.3. The van der Waals surface area contributed by atoms with Crippen molar-refractivity contribution in [2.24, 2.45) is 5.73 Å². The lowest BCUT2D eigenvalue weighted by Gasteiger charge is -2.30. The first-order valence-corrected chi connectivity index (χ1v) is 8.00. The zero-order valence-electron chi connectivity index (χ0n) is 13.3. The van der Waals surface area contributed by atoms with E-state index in [-0.39, 0.29) is 6.04 Å². The van der Waals surface area contributed by atoms with E-state index in [1.165, 1.54) is 52.6 Å². The molecule has 1 saturated carbocycles. The van der Waals surface area contributed by atoms with Crippen LogP contribution in [-0.4, -0.2) is 0 Å². The van der Waals surface area contributed by atoms with Gasteiger partial charge in [0.2, 0.25) is 0 Å². The number of rotatable bonds is 3. The van der Waals surface area contributed by atoms with Gasteiger partial charge in [0.1, 0.15) is 0 Å². The van der Waals surface area contributed by atoms with E-state index in [1.54, 1.807) is 0 Å². The van der Waals surface area contributed by atoms with Gasteiger partial charge in [-0.3, -0.25) is 0 Å². The van der Waals surface area contributed by atoms with Gasteiger partial charge >= 0.3 is 0 Å². The molecule has 1 atom stereocenters. The standard InChI is InChI=1S/C20H25N/c1-13-11-14(2)19(15(3)12-13)20(21)18-10-5-4-9-17(18)16-7-6-8-16/h4-5,9-12,16,20H,6-8,21H2,1-3H3. The molecule has 2 N–H and O–H groups in total. The predicted octanol–water partition coefficient (Wildman–Crippen LogP) is 4.93. The maximum atomic E-state index is 6.69. The summed E-state index contributed by atoms with van der Waals surface area (Å²) >= 11 is 0. The van der Waals surface area contributed by atoms with Crippen molar-refractivity contribution in [1.82, 2.24) is 0 Å². The molecule has 1 aliphatic rings. The summed E-state index contributed by atoms with van der Waals surface area (Å²) in [4.78, 5) is 0. The molecule has 0 radical (unpaired) electrons. The van der Waals surface area contributed by atoms with Gasteiger partial charge in [-0.1, -0.05) is 48.4 Å². The minimum absolute atomic E-state index is 0.0117. The molecule has 0 spiro atoms. The van der Waals surface area contributed by atoms with E-state index >= 15 is 0 Å². The molecular formula is C20H25N. The molecule has 21 heavy (non-hydrogen) atoms. The number of nitrogens with two attached hydrogens (primary N) is 1. The molecule has 1 unspecified atom stereocenters. The van der Waals surface area contributed by atoms with E-state index in [0.717, 1.165) is 5.92 Å². The molecule has 0 aromatic heterocycles. The highest BCUT2D eigenvalue weighted by atomic mass is 14.6. The molecule has 0 saturated heterocycles. The summed E-state index contributed by atoms with van der Waals surface area (Å²) in [5.41, 5.74) is 14.7. The summed E-state index contributed by atoms with van der Waals surface area (Å²) in [6, 6.07) is 13.2. The molecule has 1 aliphatic carbocycles. The van der Waals surface area contributed by atoms with Crippen LogP contribution in [0.4, 0.5) is 0 Å². The van der Waals surface area contributed by atoms with Gasteiger partial charge in [-0.05, 0) is 67.3 Å². The van der Waals surface area contributed by atoms with E-state index in [4.69, 9.17) is 5.73 Å². The Morgan fingerprint density at radius 1 is 1.00 bits per heavy atom. The molecule has 0 bridgehead atoms. The van der Waals surface area contributed by atoms with Crippen LogP contribution in [0.3, 0.4) is 0 Å². The van der Waals surface area contributed by atoms with Crippen molar-refractivity contribution >= 4 is 0 Å². The van der Waals surface area contributed by atoms with Crippen molar-refractivity contribution in [2.75, 3.05) is 0 Å². The Hall–Kier alpha value is -1.60. The quantitative estimate of drug-likeness (QED) is 0.847. The van der Waals surface area contributed by atoms with E-state index in [1.807, 2.05) is 0 Å². The highest BCUT2D eigenvalue weighted by Crippen LogP contribution is 2.40. The van der Waals surface area contributed by atoms with Crippen molar-refractivity contribution in [3.05, 3.63) is 69.8 Å². The minimum Gasteiger partial charge on any atom is -0.320 e. The highest BCUT2D eigenvalue weighted by Gasteiger charge is 2.25. The van der Waals surface area contributed by atoms with Crippen LogP contribution in [0.25, 0.3) is 0 Å². The van der Waals surface area contributed by atoms with Crippen LogP contribution in [0.2, 0.25) is 0 Å². The average molecular weight is 279 g/mol. The Labute approximate surface area is 128 Å². The van der Waals surface area contributed by atoms with E-state index in [0.29, 0.717) is 0 Å². The third-order valence-corrected chi connectivity index (χ3v) is 4.93. The largest absolute Gasteiger partial charge is 0.320 e. The summed E-state index contributed by atoms with van der Waals surface area (Å²) in [6.45, 7) is 6.51. The maximum absolute atomic E-state index is 6.69. The SMILES string of the molecule is Cc1cc(C)c(C(N)c2ccccc2C2CCC2)c(C)c1. The molecular weight excluding hydrogens is 254 g/mol. The van der Waals surface area contributed by atoms with Gasteiger partial charge in [0, 0.05) is 0 Å². The van der Waals surface area contributed by atoms with Gasteiger partial charge < -0.3 is 5.73 Å². The lowest BCUT2D eigenvalue weighted by atomic mass is 9.76. The van der Waals surface area contributed by atoms with Crippen molar-refractivity contribution in [3.63, 3.8) is 0 Å². The van der Waals surface area contributed by atoms with Crippen molar-refractivity contribution in [2.45, 2.75) is 52.0 Å². The number of aryl methyl sites for hydroxylation is 3. The van der Waals surface area contributed by atoms with Gasteiger partial charge in [0.15, 0.2) is 0 Å². The van der Waals surface area contributed by atoms with Crippen LogP contribution < -0.4 is 5.73 Å².